The Morgan fingerprint density at radius 2 is 1.48 bits per heavy atom. The summed E-state index contributed by atoms with van der Waals surface area (Å²) in [5.41, 5.74) is 0.669. The standard InChI is InChI=1S/C21H25F3N2O/c1-17(27-20-9-7-19(8-10-20)21(22,23)24)15-25-11-13-26(14-12-25)16-18-5-3-2-4-6-18/h2-10,17H,11-16H2,1H3. The quantitative estimate of drug-likeness (QED) is 0.746. The first-order valence-corrected chi connectivity index (χ1v) is 9.23. The molecule has 1 fully saturated rings. The van der Waals surface area contributed by atoms with E-state index in [2.05, 4.69) is 34.1 Å². The van der Waals surface area contributed by atoms with Gasteiger partial charge < -0.3 is 4.74 Å². The Hall–Kier alpha value is -2.05. The fraction of sp³-hybridized carbons (Fsp3) is 0.429. The van der Waals surface area contributed by atoms with Gasteiger partial charge >= 0.3 is 6.18 Å². The van der Waals surface area contributed by atoms with E-state index in [9.17, 15) is 13.2 Å². The van der Waals surface area contributed by atoms with E-state index in [4.69, 9.17) is 4.74 Å². The van der Waals surface area contributed by atoms with Crippen LogP contribution in [0, 0.1) is 0 Å². The summed E-state index contributed by atoms with van der Waals surface area (Å²) in [6.45, 7) is 7.62. The first kappa shape index (κ1) is 19.7. The molecule has 3 rings (SSSR count). The highest BCUT2D eigenvalue weighted by Gasteiger charge is 2.30. The minimum atomic E-state index is -4.32. The molecule has 27 heavy (non-hydrogen) atoms. The monoisotopic (exact) mass is 378 g/mol. The van der Waals surface area contributed by atoms with E-state index in [0.29, 0.717) is 5.75 Å². The van der Waals surface area contributed by atoms with Crippen LogP contribution in [0.4, 0.5) is 13.2 Å². The van der Waals surface area contributed by atoms with E-state index >= 15 is 0 Å². The summed E-state index contributed by atoms with van der Waals surface area (Å²) < 4.78 is 43.6. The fourth-order valence-electron chi connectivity index (χ4n) is 3.33. The number of ether oxygens (including phenoxy) is 1. The average molecular weight is 378 g/mol. The van der Waals surface area contributed by atoms with Crippen molar-refractivity contribution in [2.45, 2.75) is 25.7 Å². The SMILES string of the molecule is CC(CN1CCN(Cc2ccccc2)CC1)Oc1ccc(C(F)(F)F)cc1. The first-order valence-electron chi connectivity index (χ1n) is 9.23. The van der Waals surface area contributed by atoms with Crippen molar-refractivity contribution < 1.29 is 17.9 Å². The summed E-state index contributed by atoms with van der Waals surface area (Å²) in [6, 6.07) is 15.3. The molecule has 0 amide bonds. The molecule has 2 aromatic rings. The molecule has 0 aliphatic carbocycles. The van der Waals surface area contributed by atoms with Crippen molar-refractivity contribution in [3.63, 3.8) is 0 Å². The number of hydrogen-bond donors (Lipinski definition) is 0. The van der Waals surface area contributed by atoms with E-state index in [1.54, 1.807) is 0 Å². The predicted octanol–water partition coefficient (Wildman–Crippen LogP) is 4.29. The van der Waals surface area contributed by atoms with Crippen LogP contribution in [0.5, 0.6) is 5.75 Å². The summed E-state index contributed by atoms with van der Waals surface area (Å²) in [7, 11) is 0. The molecule has 3 nitrogen and oxygen atoms in total. The fourth-order valence-corrected chi connectivity index (χ4v) is 3.33. The molecule has 1 aliphatic rings. The van der Waals surface area contributed by atoms with E-state index in [0.717, 1.165) is 51.4 Å². The van der Waals surface area contributed by atoms with Crippen LogP contribution >= 0.6 is 0 Å². The van der Waals surface area contributed by atoms with E-state index < -0.39 is 11.7 Å². The van der Waals surface area contributed by atoms with Crippen LogP contribution in [0.25, 0.3) is 0 Å². The van der Waals surface area contributed by atoms with Gasteiger partial charge in [0.15, 0.2) is 0 Å². The Labute approximate surface area is 158 Å². The topological polar surface area (TPSA) is 15.7 Å². The van der Waals surface area contributed by atoms with Gasteiger partial charge in [-0.05, 0) is 36.8 Å². The van der Waals surface area contributed by atoms with Gasteiger partial charge in [-0.2, -0.15) is 13.2 Å². The van der Waals surface area contributed by atoms with Crippen molar-refractivity contribution in [2.24, 2.45) is 0 Å². The molecule has 0 saturated carbocycles. The first-order chi connectivity index (χ1) is 12.9. The lowest BCUT2D eigenvalue weighted by molar-refractivity contribution is -0.137. The van der Waals surface area contributed by atoms with Crippen molar-refractivity contribution in [1.82, 2.24) is 9.80 Å². The average Bonchev–Trinajstić information content (AvgIpc) is 2.64. The van der Waals surface area contributed by atoms with Crippen LogP contribution in [-0.4, -0.2) is 48.6 Å². The Bertz CT molecular complexity index is 696. The number of hydrogen-bond acceptors (Lipinski definition) is 3. The van der Waals surface area contributed by atoms with Crippen molar-refractivity contribution >= 4 is 0 Å². The molecule has 146 valence electrons. The minimum absolute atomic E-state index is 0.0811. The zero-order valence-corrected chi connectivity index (χ0v) is 15.5. The maximum atomic E-state index is 12.6. The molecule has 1 heterocycles. The van der Waals surface area contributed by atoms with Gasteiger partial charge in [-0.15, -0.1) is 0 Å². The van der Waals surface area contributed by atoms with E-state index in [-0.39, 0.29) is 6.10 Å². The molecule has 1 unspecified atom stereocenters. The zero-order valence-electron chi connectivity index (χ0n) is 15.5. The van der Waals surface area contributed by atoms with Crippen molar-refractivity contribution in [2.75, 3.05) is 32.7 Å². The summed E-state index contributed by atoms with van der Waals surface area (Å²) in [4.78, 5) is 4.78. The van der Waals surface area contributed by atoms with E-state index in [1.807, 2.05) is 13.0 Å². The molecule has 1 aliphatic heterocycles. The maximum absolute atomic E-state index is 12.6. The van der Waals surface area contributed by atoms with Gasteiger partial charge in [0, 0.05) is 39.3 Å². The highest BCUT2D eigenvalue weighted by molar-refractivity contribution is 5.29. The van der Waals surface area contributed by atoms with Gasteiger partial charge in [0.1, 0.15) is 11.9 Å². The van der Waals surface area contributed by atoms with Gasteiger partial charge in [0.05, 0.1) is 5.56 Å². The van der Waals surface area contributed by atoms with Crippen LogP contribution in [0.2, 0.25) is 0 Å². The van der Waals surface area contributed by atoms with Crippen LogP contribution in [-0.2, 0) is 12.7 Å². The molecule has 2 aromatic carbocycles. The molecule has 0 spiro atoms. The molecule has 1 atom stereocenters. The molecule has 6 heteroatoms. The molecule has 0 N–H and O–H groups in total. The molecule has 0 aromatic heterocycles. The van der Waals surface area contributed by atoms with Crippen molar-refractivity contribution in [3.8, 4) is 5.75 Å². The lowest BCUT2D eigenvalue weighted by Gasteiger charge is -2.35. The molecular weight excluding hydrogens is 353 g/mol. The third kappa shape index (κ3) is 5.97. The molecular formula is C21H25F3N2O. The molecule has 1 saturated heterocycles. The summed E-state index contributed by atoms with van der Waals surface area (Å²) >= 11 is 0. The van der Waals surface area contributed by atoms with Crippen molar-refractivity contribution in [3.05, 3.63) is 65.7 Å². The van der Waals surface area contributed by atoms with Crippen LogP contribution < -0.4 is 4.74 Å². The van der Waals surface area contributed by atoms with Gasteiger partial charge in [-0.1, -0.05) is 30.3 Å². The Kier molecular flexibility index (Phi) is 6.39. The van der Waals surface area contributed by atoms with Crippen LogP contribution in [0.3, 0.4) is 0 Å². The molecule has 0 bridgehead atoms. The van der Waals surface area contributed by atoms with Crippen LogP contribution in [0.1, 0.15) is 18.1 Å². The number of nitrogens with zero attached hydrogens (tertiary/aromatic N) is 2. The Balaban J connectivity index is 1.42. The summed E-state index contributed by atoms with van der Waals surface area (Å²) in [6.07, 6.45) is -4.40. The van der Waals surface area contributed by atoms with Gasteiger partial charge in [0.2, 0.25) is 0 Å². The second kappa shape index (κ2) is 8.76. The third-order valence-electron chi connectivity index (χ3n) is 4.75. The predicted molar refractivity (Wildman–Crippen MR) is 99.7 cm³/mol. The third-order valence-corrected chi connectivity index (χ3v) is 4.75. The maximum Gasteiger partial charge on any atom is 0.416 e. The lowest BCUT2D eigenvalue weighted by atomic mass is 10.2. The molecule has 0 radical (unpaired) electrons. The largest absolute Gasteiger partial charge is 0.489 e. The lowest BCUT2D eigenvalue weighted by Crippen LogP contribution is -2.48. The number of piperazine rings is 1. The highest BCUT2D eigenvalue weighted by atomic mass is 19.4. The minimum Gasteiger partial charge on any atom is -0.489 e. The van der Waals surface area contributed by atoms with Crippen molar-refractivity contribution in [1.29, 1.82) is 0 Å². The Morgan fingerprint density at radius 3 is 2.07 bits per heavy atom. The van der Waals surface area contributed by atoms with Gasteiger partial charge in [-0.25, -0.2) is 0 Å². The number of rotatable bonds is 6. The summed E-state index contributed by atoms with van der Waals surface area (Å²) in [5.74, 6) is 0.471. The normalized spacial score (nSPS) is 17.6. The summed E-state index contributed by atoms with van der Waals surface area (Å²) in [5, 5.41) is 0. The number of benzene rings is 2. The Morgan fingerprint density at radius 1 is 0.889 bits per heavy atom. The second-order valence-electron chi connectivity index (χ2n) is 7.01. The van der Waals surface area contributed by atoms with Crippen LogP contribution in [0.15, 0.2) is 54.6 Å². The van der Waals surface area contributed by atoms with Gasteiger partial charge in [0.25, 0.3) is 0 Å². The number of alkyl halides is 3. The number of halogens is 3. The highest BCUT2D eigenvalue weighted by Crippen LogP contribution is 2.30. The zero-order chi connectivity index (χ0) is 19.3. The van der Waals surface area contributed by atoms with E-state index in [1.165, 1.54) is 17.7 Å². The second-order valence-corrected chi connectivity index (χ2v) is 7.01. The van der Waals surface area contributed by atoms with Gasteiger partial charge in [-0.3, -0.25) is 9.80 Å². The smallest absolute Gasteiger partial charge is 0.416 e.